The highest BCUT2D eigenvalue weighted by atomic mass is 19.1. The number of rotatable bonds is 1. The van der Waals surface area contributed by atoms with E-state index in [1.807, 2.05) is 31.9 Å². The molecule has 0 saturated heterocycles. The van der Waals surface area contributed by atoms with Gasteiger partial charge in [0.15, 0.2) is 0 Å². The van der Waals surface area contributed by atoms with Crippen molar-refractivity contribution >= 4 is 0 Å². The van der Waals surface area contributed by atoms with Gasteiger partial charge in [-0.3, -0.25) is 0 Å². The second-order valence-corrected chi connectivity index (χ2v) is 4.37. The monoisotopic (exact) mass is 238 g/mol. The maximum absolute atomic E-state index is 13.3. The zero-order valence-electron chi connectivity index (χ0n) is 11.5. The molecule has 0 bridgehead atoms. The van der Waals surface area contributed by atoms with Gasteiger partial charge in [0.1, 0.15) is 11.6 Å². The molecule has 0 aromatic heterocycles. The first-order valence-electron chi connectivity index (χ1n) is 6.34. The lowest BCUT2D eigenvalue weighted by Gasteiger charge is -2.40. The fourth-order valence-corrected chi connectivity index (χ4v) is 2.14. The third kappa shape index (κ3) is 2.90. The lowest BCUT2D eigenvalue weighted by Crippen LogP contribution is -2.41. The standard InChI is InChI=1S/C12H17FN2.C2H6/c1-9(2)15-6-4-5-10-7-11(13)8-14(3)12(10)15;1-2/h4-5,7,9H,6,8H2,1-3H3;1-2H3. The summed E-state index contributed by atoms with van der Waals surface area (Å²) < 4.78 is 13.3. The number of halogens is 1. The van der Waals surface area contributed by atoms with Crippen molar-refractivity contribution in [2.45, 2.75) is 33.7 Å². The molecular formula is C14H23FN2. The Balaban J connectivity index is 0.000000686. The Labute approximate surface area is 104 Å². The van der Waals surface area contributed by atoms with Crippen molar-refractivity contribution in [2.24, 2.45) is 0 Å². The van der Waals surface area contributed by atoms with Gasteiger partial charge in [-0.2, -0.15) is 0 Å². The minimum absolute atomic E-state index is 0.0634. The van der Waals surface area contributed by atoms with E-state index in [0.717, 1.165) is 17.9 Å². The van der Waals surface area contributed by atoms with Crippen LogP contribution in [0.5, 0.6) is 0 Å². The molecular weight excluding hydrogens is 215 g/mol. The Morgan fingerprint density at radius 3 is 2.53 bits per heavy atom. The van der Waals surface area contributed by atoms with E-state index < -0.39 is 0 Å². The molecule has 2 rings (SSSR count). The van der Waals surface area contributed by atoms with Crippen LogP contribution in [0.4, 0.5) is 4.39 Å². The Bertz CT molecular complexity index is 353. The van der Waals surface area contributed by atoms with Gasteiger partial charge in [-0.15, -0.1) is 0 Å². The summed E-state index contributed by atoms with van der Waals surface area (Å²) in [6, 6.07) is 0.442. The van der Waals surface area contributed by atoms with E-state index in [1.165, 1.54) is 0 Å². The maximum atomic E-state index is 13.3. The summed E-state index contributed by atoms with van der Waals surface area (Å²) in [4.78, 5) is 4.27. The van der Waals surface area contributed by atoms with Crippen molar-refractivity contribution in [2.75, 3.05) is 20.1 Å². The average Bonchev–Trinajstić information content (AvgIpc) is 2.30. The molecule has 0 unspecified atom stereocenters. The molecule has 96 valence electrons. The summed E-state index contributed by atoms with van der Waals surface area (Å²) in [6.07, 6.45) is 5.73. The largest absolute Gasteiger partial charge is 0.354 e. The van der Waals surface area contributed by atoms with Gasteiger partial charge in [-0.25, -0.2) is 4.39 Å². The highest BCUT2D eigenvalue weighted by molar-refractivity contribution is 5.41. The van der Waals surface area contributed by atoms with Crippen LogP contribution in [0.15, 0.2) is 35.4 Å². The van der Waals surface area contributed by atoms with Gasteiger partial charge in [-0.1, -0.05) is 26.0 Å². The zero-order chi connectivity index (χ0) is 13.0. The maximum Gasteiger partial charge on any atom is 0.120 e. The van der Waals surface area contributed by atoms with Gasteiger partial charge in [0, 0.05) is 25.2 Å². The van der Waals surface area contributed by atoms with E-state index in [-0.39, 0.29) is 5.83 Å². The molecule has 2 heterocycles. The first-order chi connectivity index (χ1) is 8.09. The smallest absolute Gasteiger partial charge is 0.120 e. The molecule has 0 N–H and O–H groups in total. The lowest BCUT2D eigenvalue weighted by molar-refractivity contribution is 0.207. The number of allylic oxidation sites excluding steroid dienone is 3. The molecule has 0 atom stereocenters. The minimum atomic E-state index is -0.0634. The van der Waals surface area contributed by atoms with Gasteiger partial charge >= 0.3 is 0 Å². The van der Waals surface area contributed by atoms with Crippen molar-refractivity contribution < 1.29 is 4.39 Å². The number of nitrogens with zero attached hydrogens (tertiary/aromatic N) is 2. The first kappa shape index (κ1) is 13.8. The van der Waals surface area contributed by atoms with Crippen molar-refractivity contribution in [3.8, 4) is 0 Å². The third-order valence-corrected chi connectivity index (χ3v) is 2.82. The van der Waals surface area contributed by atoms with Gasteiger partial charge < -0.3 is 9.80 Å². The Morgan fingerprint density at radius 2 is 1.94 bits per heavy atom. The van der Waals surface area contributed by atoms with E-state index in [9.17, 15) is 4.39 Å². The van der Waals surface area contributed by atoms with Crippen molar-refractivity contribution in [3.63, 3.8) is 0 Å². The van der Waals surface area contributed by atoms with Crippen LogP contribution in [0.3, 0.4) is 0 Å². The molecule has 0 amide bonds. The predicted octanol–water partition coefficient (Wildman–Crippen LogP) is 3.30. The Morgan fingerprint density at radius 1 is 1.29 bits per heavy atom. The molecule has 0 radical (unpaired) electrons. The van der Waals surface area contributed by atoms with E-state index in [2.05, 4.69) is 24.8 Å². The summed E-state index contributed by atoms with van der Waals surface area (Å²) in [5.41, 5.74) is 0.987. The number of hydrogen-bond donors (Lipinski definition) is 0. The molecule has 2 aliphatic heterocycles. The summed E-state index contributed by atoms with van der Waals surface area (Å²) in [5.74, 6) is 1.08. The fraction of sp³-hybridized carbons (Fsp3) is 0.571. The van der Waals surface area contributed by atoms with Gasteiger partial charge in [0.2, 0.25) is 0 Å². The van der Waals surface area contributed by atoms with Crippen LogP contribution in [-0.4, -0.2) is 36.0 Å². The molecule has 0 aliphatic carbocycles. The molecule has 2 nitrogen and oxygen atoms in total. The quantitative estimate of drug-likeness (QED) is 0.691. The minimum Gasteiger partial charge on any atom is -0.354 e. The highest BCUT2D eigenvalue weighted by Gasteiger charge is 2.25. The molecule has 0 aromatic carbocycles. The number of likely N-dealkylation sites (N-methyl/N-ethyl adjacent to an activating group) is 1. The van der Waals surface area contributed by atoms with Crippen molar-refractivity contribution in [3.05, 3.63) is 35.4 Å². The highest BCUT2D eigenvalue weighted by Crippen LogP contribution is 2.28. The normalized spacial score (nSPS) is 18.9. The van der Waals surface area contributed by atoms with Crippen LogP contribution in [0.25, 0.3) is 0 Å². The summed E-state index contributed by atoms with van der Waals surface area (Å²) in [7, 11) is 1.94. The Kier molecular flexibility index (Phi) is 4.79. The van der Waals surface area contributed by atoms with E-state index >= 15 is 0 Å². The van der Waals surface area contributed by atoms with Crippen molar-refractivity contribution in [1.29, 1.82) is 0 Å². The molecule has 17 heavy (non-hydrogen) atoms. The molecule has 0 fully saturated rings. The van der Waals surface area contributed by atoms with Crippen LogP contribution in [-0.2, 0) is 0 Å². The molecule has 3 heteroatoms. The van der Waals surface area contributed by atoms with E-state index in [0.29, 0.717) is 12.6 Å². The Hall–Kier alpha value is -1.25. The van der Waals surface area contributed by atoms with Crippen LogP contribution in [0, 0.1) is 0 Å². The molecule has 0 aromatic rings. The zero-order valence-corrected chi connectivity index (χ0v) is 11.5. The summed E-state index contributed by atoms with van der Waals surface area (Å²) in [5, 5.41) is 0. The topological polar surface area (TPSA) is 6.48 Å². The second kappa shape index (κ2) is 5.89. The van der Waals surface area contributed by atoms with Gasteiger partial charge in [-0.05, 0) is 19.9 Å². The SMILES string of the molecule is CC.CC(C)N1CC=CC2=C1N(C)CC(F)=C2. The van der Waals surface area contributed by atoms with Crippen LogP contribution in [0.1, 0.15) is 27.7 Å². The molecule has 2 aliphatic rings. The fourth-order valence-electron chi connectivity index (χ4n) is 2.14. The molecule has 0 saturated carbocycles. The van der Waals surface area contributed by atoms with Crippen LogP contribution in [0.2, 0.25) is 0 Å². The molecule has 0 spiro atoms. The second-order valence-electron chi connectivity index (χ2n) is 4.37. The average molecular weight is 238 g/mol. The van der Waals surface area contributed by atoms with Crippen LogP contribution < -0.4 is 0 Å². The van der Waals surface area contributed by atoms with E-state index in [4.69, 9.17) is 0 Å². The summed E-state index contributed by atoms with van der Waals surface area (Å²) >= 11 is 0. The first-order valence-corrected chi connectivity index (χ1v) is 6.34. The lowest BCUT2D eigenvalue weighted by atomic mass is 10.1. The van der Waals surface area contributed by atoms with E-state index in [1.54, 1.807) is 6.08 Å². The predicted molar refractivity (Wildman–Crippen MR) is 71.2 cm³/mol. The van der Waals surface area contributed by atoms with Crippen molar-refractivity contribution in [1.82, 2.24) is 9.80 Å². The number of hydrogen-bond acceptors (Lipinski definition) is 2. The van der Waals surface area contributed by atoms with Crippen LogP contribution >= 0.6 is 0 Å². The van der Waals surface area contributed by atoms with Gasteiger partial charge in [0.05, 0.1) is 6.54 Å². The van der Waals surface area contributed by atoms with Gasteiger partial charge in [0.25, 0.3) is 0 Å². The third-order valence-electron chi connectivity index (χ3n) is 2.82. The summed E-state index contributed by atoms with van der Waals surface area (Å²) in [6.45, 7) is 9.62.